The van der Waals surface area contributed by atoms with Gasteiger partial charge in [-0.2, -0.15) is 0 Å². The second-order valence-electron chi connectivity index (χ2n) is 19.4. The Kier molecular flexibility index (Phi) is 25.1. The van der Waals surface area contributed by atoms with Crippen LogP contribution >= 0.6 is 0 Å². The zero-order valence-corrected chi connectivity index (χ0v) is 44.9. The number of rotatable bonds is 23. The Morgan fingerprint density at radius 2 is 0.618 bits per heavy atom. The fourth-order valence-electron chi connectivity index (χ4n) is 6.87. The monoisotopic (exact) mass is 1060 g/mol. The minimum Gasteiger partial charge on any atom is -0.450 e. The molecule has 0 saturated carbocycles. The van der Waals surface area contributed by atoms with E-state index in [-0.39, 0.29) is 22.3 Å². The topological polar surface area (TPSA) is 330 Å². The number of alkyl carbamates (subject to hydrolysis) is 2. The van der Waals surface area contributed by atoms with Gasteiger partial charge in [0.05, 0.1) is 13.2 Å². The number of unbranched alkanes of at least 4 members (excludes halogenated alkanes) is 3. The highest BCUT2D eigenvalue weighted by molar-refractivity contribution is 6.03. The predicted octanol–water partition coefficient (Wildman–Crippen LogP) is 7.60. The SMILES string of the molecule is CC(C)(O)C(=O)c1ccc(C(OC(=O)NCCCCCCNC(=O)OC(c2ccc(C(=O)C(C)(C)O)cc2)c2ccc(C(=O)C(C)(C)O)cc2)c2ccc(C(=O)C(C)(C)O)cc2)cc1.CCOC(N)=O.CCOC(N)=O. The number of nitrogens with one attached hydrogen (secondary N) is 2. The maximum atomic E-state index is 13.1. The highest BCUT2D eigenvalue weighted by Crippen LogP contribution is 2.30. The molecule has 414 valence electrons. The molecule has 4 amide bonds. The van der Waals surface area contributed by atoms with E-state index >= 15 is 0 Å². The molecule has 0 aliphatic carbocycles. The molecule has 0 fully saturated rings. The molecule has 0 atom stereocenters. The quantitative estimate of drug-likeness (QED) is 0.0201. The third kappa shape index (κ3) is 22.1. The van der Waals surface area contributed by atoms with E-state index in [1.165, 1.54) is 104 Å². The molecule has 4 rings (SSSR count). The van der Waals surface area contributed by atoms with E-state index in [2.05, 4.69) is 31.6 Å². The summed E-state index contributed by atoms with van der Waals surface area (Å²) in [6, 6.07) is 25.3. The molecule has 0 saturated heterocycles. The maximum Gasteiger partial charge on any atom is 0.408 e. The summed E-state index contributed by atoms with van der Waals surface area (Å²) < 4.78 is 20.1. The van der Waals surface area contributed by atoms with E-state index in [0.29, 0.717) is 74.2 Å². The van der Waals surface area contributed by atoms with Gasteiger partial charge in [-0.1, -0.05) is 110 Å². The van der Waals surface area contributed by atoms with Gasteiger partial charge in [0.25, 0.3) is 0 Å². The van der Waals surface area contributed by atoms with Gasteiger partial charge in [0.2, 0.25) is 0 Å². The molecule has 10 N–H and O–H groups in total. The van der Waals surface area contributed by atoms with Crippen molar-refractivity contribution < 1.29 is 77.7 Å². The summed E-state index contributed by atoms with van der Waals surface area (Å²) in [6.07, 6.45) is -2.04. The highest BCUT2D eigenvalue weighted by Gasteiger charge is 2.30. The second-order valence-corrected chi connectivity index (χ2v) is 19.4. The molecule has 20 nitrogen and oxygen atoms in total. The number of nitrogens with two attached hydrogens (primary N) is 2. The smallest absolute Gasteiger partial charge is 0.408 e. The molecule has 0 spiro atoms. The summed E-state index contributed by atoms with van der Waals surface area (Å²) in [6.45, 7) is 15.9. The van der Waals surface area contributed by atoms with Crippen molar-refractivity contribution in [2.24, 2.45) is 11.5 Å². The lowest BCUT2D eigenvalue weighted by Gasteiger charge is -2.21. The minimum absolute atomic E-state index is 0.275. The summed E-state index contributed by atoms with van der Waals surface area (Å²) in [4.78, 5) is 95.8. The number of primary amides is 2. The van der Waals surface area contributed by atoms with Gasteiger partial charge in [-0.05, 0) is 104 Å². The molecule has 0 aromatic heterocycles. The number of Topliss-reactive ketones (excluding diaryl/α,β-unsaturated/α-hetero) is 4. The van der Waals surface area contributed by atoms with Gasteiger partial charge < -0.3 is 61.5 Å². The summed E-state index contributed by atoms with van der Waals surface area (Å²) >= 11 is 0. The van der Waals surface area contributed by atoms with Crippen molar-refractivity contribution in [1.29, 1.82) is 0 Å². The van der Waals surface area contributed by atoms with Gasteiger partial charge in [-0.3, -0.25) is 19.2 Å². The van der Waals surface area contributed by atoms with Crippen molar-refractivity contribution in [3.8, 4) is 0 Å². The van der Waals surface area contributed by atoms with Gasteiger partial charge in [-0.25, -0.2) is 19.2 Å². The molecule has 0 aliphatic rings. The number of carbonyl (C=O) groups is 8. The van der Waals surface area contributed by atoms with Gasteiger partial charge in [-0.15, -0.1) is 0 Å². The van der Waals surface area contributed by atoms with Crippen LogP contribution in [0.2, 0.25) is 0 Å². The fraction of sp³-hybridized carbons (Fsp3) is 0.429. The van der Waals surface area contributed by atoms with Crippen LogP contribution in [0.3, 0.4) is 0 Å². The molecule has 20 heteroatoms. The average Bonchev–Trinajstić information content (AvgIpc) is 3.34. The van der Waals surface area contributed by atoms with E-state index in [1.54, 1.807) is 62.4 Å². The first-order valence-corrected chi connectivity index (χ1v) is 24.5. The number of carbonyl (C=O) groups excluding carboxylic acids is 8. The third-order valence-corrected chi connectivity index (χ3v) is 10.8. The molecule has 76 heavy (non-hydrogen) atoms. The van der Waals surface area contributed by atoms with Crippen LogP contribution in [-0.2, 0) is 18.9 Å². The molecular formula is C56H74N4O16. The number of hydrogen-bond acceptors (Lipinski definition) is 16. The molecule has 0 radical (unpaired) electrons. The Labute approximate surface area is 443 Å². The second kappa shape index (κ2) is 29.5. The molecule has 4 aromatic rings. The highest BCUT2D eigenvalue weighted by atomic mass is 16.6. The van der Waals surface area contributed by atoms with Crippen molar-refractivity contribution in [2.75, 3.05) is 26.3 Å². The zero-order valence-electron chi connectivity index (χ0n) is 44.9. The van der Waals surface area contributed by atoms with Gasteiger partial charge >= 0.3 is 24.4 Å². The molecule has 0 unspecified atom stereocenters. The van der Waals surface area contributed by atoms with Crippen molar-refractivity contribution >= 4 is 47.5 Å². The average molecular weight is 1060 g/mol. The van der Waals surface area contributed by atoms with E-state index in [1.807, 2.05) is 0 Å². The van der Waals surface area contributed by atoms with Crippen molar-refractivity contribution in [3.05, 3.63) is 142 Å². The third-order valence-electron chi connectivity index (χ3n) is 10.8. The fourth-order valence-corrected chi connectivity index (χ4v) is 6.87. The van der Waals surface area contributed by atoms with Crippen LogP contribution in [0.4, 0.5) is 19.2 Å². The number of hydrogen-bond donors (Lipinski definition) is 8. The molecule has 0 heterocycles. The Balaban J connectivity index is 0.00000147. The summed E-state index contributed by atoms with van der Waals surface area (Å²) in [7, 11) is 0. The van der Waals surface area contributed by atoms with E-state index in [4.69, 9.17) is 9.47 Å². The van der Waals surface area contributed by atoms with Crippen molar-refractivity contribution in [1.82, 2.24) is 10.6 Å². The number of amides is 4. The van der Waals surface area contributed by atoms with Crippen LogP contribution in [0, 0.1) is 0 Å². The Hall–Kier alpha value is -7.52. The Bertz CT molecular complexity index is 2240. The van der Waals surface area contributed by atoms with Crippen LogP contribution in [0.5, 0.6) is 0 Å². The molecule has 0 bridgehead atoms. The lowest BCUT2D eigenvalue weighted by Crippen LogP contribution is -2.31. The van der Waals surface area contributed by atoms with E-state index in [9.17, 15) is 58.8 Å². The first kappa shape index (κ1) is 64.6. The number of ketones is 4. The predicted molar refractivity (Wildman–Crippen MR) is 282 cm³/mol. The standard InChI is InChI=1S/C50H60N2O12.2C3H7NO2/c1-47(2,59)41(53)35-21-13-31(14-22-35)39(32-15-23-36(24-16-32)42(54)48(3,4)60)63-45(57)51-29-11-9-10-12-30-52-46(58)64-40(33-17-25-37(26-18-33)43(55)49(5,6)61)34-19-27-38(28-20-34)44(56)50(7,8)62;2*1-2-6-3(4)5/h13-28,39-40,59-62H,9-12,29-30H2,1-8H3,(H,51,57)(H,52,58);2*2H2,1H3,(H2,4,5). The van der Waals surface area contributed by atoms with Crippen molar-refractivity contribution in [3.63, 3.8) is 0 Å². The van der Waals surface area contributed by atoms with E-state index < -0.39 is 82.1 Å². The van der Waals surface area contributed by atoms with E-state index in [0.717, 1.165) is 0 Å². The summed E-state index contributed by atoms with van der Waals surface area (Å²) in [5.74, 6) is -1.90. The van der Waals surface area contributed by atoms with Crippen LogP contribution in [0.25, 0.3) is 0 Å². The molecule has 4 aromatic carbocycles. The zero-order chi connectivity index (χ0) is 57.6. The maximum absolute atomic E-state index is 13.1. The Morgan fingerprint density at radius 1 is 0.408 bits per heavy atom. The summed E-state index contributed by atoms with van der Waals surface area (Å²) in [5, 5.41) is 46.2. The normalized spacial score (nSPS) is 11.4. The molecular weight excluding hydrogens is 985 g/mol. The first-order chi connectivity index (χ1) is 35.3. The minimum atomic E-state index is -1.58. The van der Waals surface area contributed by atoms with Crippen LogP contribution in [0.15, 0.2) is 97.1 Å². The summed E-state index contributed by atoms with van der Waals surface area (Å²) in [5.41, 5.74) is 6.01. The largest absolute Gasteiger partial charge is 0.450 e. The Morgan fingerprint density at radius 3 is 0.776 bits per heavy atom. The van der Waals surface area contributed by atoms with Crippen LogP contribution < -0.4 is 22.1 Å². The van der Waals surface area contributed by atoms with Gasteiger partial charge in [0.1, 0.15) is 22.4 Å². The van der Waals surface area contributed by atoms with Gasteiger partial charge in [0.15, 0.2) is 35.3 Å². The number of ether oxygens (including phenoxy) is 4. The first-order valence-electron chi connectivity index (χ1n) is 24.5. The number of aliphatic hydroxyl groups is 4. The molecule has 0 aliphatic heterocycles. The lowest BCUT2D eigenvalue weighted by molar-refractivity contribution is 0.0487. The number of benzene rings is 4. The lowest BCUT2D eigenvalue weighted by atomic mass is 9.92. The van der Waals surface area contributed by atoms with Crippen molar-refractivity contribution in [2.45, 2.75) is 130 Å². The van der Waals surface area contributed by atoms with Crippen LogP contribution in [0.1, 0.15) is 171 Å². The van der Waals surface area contributed by atoms with Crippen LogP contribution in [-0.4, -0.2) is 117 Å². The van der Waals surface area contributed by atoms with Gasteiger partial charge in [0, 0.05) is 35.3 Å².